The maximum absolute atomic E-state index is 5.49. The normalized spacial score (nSPS) is 11.8. The molecule has 15 aromatic rings. The van der Waals surface area contributed by atoms with Gasteiger partial charge in [0.2, 0.25) is 5.95 Å². The van der Waals surface area contributed by atoms with E-state index < -0.39 is 0 Å². The van der Waals surface area contributed by atoms with E-state index in [-0.39, 0.29) is 0 Å². The van der Waals surface area contributed by atoms with Gasteiger partial charge in [0.25, 0.3) is 0 Å². The van der Waals surface area contributed by atoms with Gasteiger partial charge in [0.1, 0.15) is 0 Å². The summed E-state index contributed by atoms with van der Waals surface area (Å²) in [6.45, 7) is 0. The van der Waals surface area contributed by atoms with Gasteiger partial charge in [-0.15, -0.1) is 0 Å². The zero-order valence-electron chi connectivity index (χ0n) is 40.1. The van der Waals surface area contributed by atoms with Crippen LogP contribution in [0.15, 0.2) is 261 Å². The van der Waals surface area contributed by atoms with Crippen LogP contribution < -0.4 is 0 Å². The van der Waals surface area contributed by atoms with E-state index in [2.05, 4.69) is 252 Å². The second-order valence-corrected chi connectivity index (χ2v) is 19.1. The molecule has 0 fully saturated rings. The fourth-order valence-corrected chi connectivity index (χ4v) is 11.6. The van der Waals surface area contributed by atoms with E-state index in [1.807, 2.05) is 18.2 Å². The Morgan fingerprint density at radius 3 is 1.32 bits per heavy atom. The van der Waals surface area contributed by atoms with Crippen molar-refractivity contribution in [2.24, 2.45) is 0 Å². The first-order chi connectivity index (χ1) is 36.7. The van der Waals surface area contributed by atoms with E-state index in [1.165, 1.54) is 48.8 Å². The van der Waals surface area contributed by atoms with Crippen LogP contribution in [-0.4, -0.2) is 24.1 Å². The zero-order valence-corrected chi connectivity index (χ0v) is 40.1. The Morgan fingerprint density at radius 2 is 0.689 bits per heavy atom. The van der Waals surface area contributed by atoms with Crippen molar-refractivity contribution in [2.45, 2.75) is 0 Å². The summed E-state index contributed by atoms with van der Waals surface area (Å²) in [5.41, 5.74) is 14.1. The van der Waals surface area contributed by atoms with Crippen molar-refractivity contribution < 1.29 is 0 Å². The van der Waals surface area contributed by atoms with Gasteiger partial charge in [-0.25, -0.2) is 4.98 Å². The van der Waals surface area contributed by atoms with Crippen molar-refractivity contribution in [1.29, 1.82) is 0 Å². The quantitative estimate of drug-likeness (QED) is 0.150. The monoisotopic (exact) mass is 941 g/mol. The molecule has 0 unspecified atom stereocenters. The maximum Gasteiger partial charge on any atom is 0.238 e. The number of hydrogen-bond acceptors (Lipinski definition) is 3. The van der Waals surface area contributed by atoms with Gasteiger partial charge < -0.3 is 4.57 Å². The van der Waals surface area contributed by atoms with Crippen LogP contribution in [0.2, 0.25) is 0 Å². The second-order valence-electron chi connectivity index (χ2n) is 19.1. The number of rotatable bonds is 7. The average molecular weight is 942 g/mol. The lowest BCUT2D eigenvalue weighted by molar-refractivity contribution is 0.953. The number of nitrogens with zero attached hydrogens (tertiary/aromatic N) is 5. The Labute approximate surface area is 426 Å². The van der Waals surface area contributed by atoms with Crippen LogP contribution in [0.1, 0.15) is 0 Å². The molecule has 0 N–H and O–H groups in total. The van der Waals surface area contributed by atoms with Crippen LogP contribution >= 0.6 is 0 Å². The SMILES string of the molecule is c1ccc(-c2cccc(-c3ccc(-c4nc(-c5ccccc5)nc(-n5c6ccccc6c6cc(-c7ccc8c9ccccc9c9ccccc9c8c7)c7c8ccccc8n(-c8ccccc8)c7c65)n4)cc3)c2)cc1. The molecule has 15 rings (SSSR count). The number of hydrogen-bond donors (Lipinski definition) is 0. The molecule has 5 heteroatoms. The molecule has 74 heavy (non-hydrogen) atoms. The Morgan fingerprint density at radius 1 is 0.243 bits per heavy atom. The first-order valence-corrected chi connectivity index (χ1v) is 25.2. The minimum absolute atomic E-state index is 0.544. The molecule has 0 radical (unpaired) electrons. The van der Waals surface area contributed by atoms with Crippen LogP contribution in [0, 0.1) is 0 Å². The topological polar surface area (TPSA) is 48.5 Å². The zero-order chi connectivity index (χ0) is 48.7. The van der Waals surface area contributed by atoms with Crippen LogP contribution in [0.25, 0.3) is 144 Å². The van der Waals surface area contributed by atoms with E-state index in [1.54, 1.807) is 0 Å². The fourth-order valence-electron chi connectivity index (χ4n) is 11.6. The average Bonchev–Trinajstić information content (AvgIpc) is 4.08. The summed E-state index contributed by atoms with van der Waals surface area (Å²) >= 11 is 0. The minimum atomic E-state index is 0.544. The van der Waals surface area contributed by atoms with E-state index in [0.29, 0.717) is 17.6 Å². The Balaban J connectivity index is 1.01. The molecule has 3 aromatic heterocycles. The van der Waals surface area contributed by atoms with Crippen molar-refractivity contribution >= 4 is 75.9 Å². The van der Waals surface area contributed by atoms with Crippen LogP contribution in [0.5, 0.6) is 0 Å². The van der Waals surface area contributed by atoms with Crippen molar-refractivity contribution in [3.05, 3.63) is 261 Å². The Bertz CT molecular complexity index is 4650. The van der Waals surface area contributed by atoms with Crippen molar-refractivity contribution in [2.75, 3.05) is 0 Å². The summed E-state index contributed by atoms with van der Waals surface area (Å²) in [6.07, 6.45) is 0. The van der Waals surface area contributed by atoms with Gasteiger partial charge in [0, 0.05) is 38.4 Å². The number of aromatic nitrogens is 5. The smallest absolute Gasteiger partial charge is 0.238 e. The summed E-state index contributed by atoms with van der Waals surface area (Å²) in [5, 5.41) is 12.1. The molecular weight excluding hydrogens is 899 g/mol. The number of fused-ring (bicyclic) bond motifs is 13. The Hall–Kier alpha value is -9.97. The maximum atomic E-state index is 5.49. The molecular formula is C69H43N5. The highest BCUT2D eigenvalue weighted by atomic mass is 15.2. The van der Waals surface area contributed by atoms with Crippen molar-refractivity contribution in [1.82, 2.24) is 24.1 Å². The summed E-state index contributed by atoms with van der Waals surface area (Å²) < 4.78 is 4.73. The van der Waals surface area contributed by atoms with Gasteiger partial charge in [-0.05, 0) is 108 Å². The molecule has 5 nitrogen and oxygen atoms in total. The fraction of sp³-hybridized carbons (Fsp3) is 0. The third-order valence-electron chi connectivity index (χ3n) is 14.9. The largest absolute Gasteiger partial charge is 0.307 e. The van der Waals surface area contributed by atoms with Crippen LogP contribution in [0.3, 0.4) is 0 Å². The summed E-state index contributed by atoms with van der Waals surface area (Å²) in [5.74, 6) is 1.74. The standard InChI is InChI=1S/C69H43N5/c1-4-19-44(20-5-1)48-23-18-24-49(41-48)45-35-37-47(38-36-45)68-70-67(46-21-6-2-7-22-46)71-69(72-68)74-62-33-16-14-31-57(62)61-43-59(64-58-32-15-17-34-63(58)73(66(64)65(61)74)51-25-8-3-9-26-51)50-39-40-56-54-29-11-10-27-52(54)53-28-12-13-30-55(53)60(56)42-50/h1-43H. The second kappa shape index (κ2) is 16.8. The first-order valence-electron chi connectivity index (χ1n) is 25.2. The molecule has 0 aliphatic carbocycles. The highest BCUT2D eigenvalue weighted by Crippen LogP contribution is 2.47. The number of benzene rings is 12. The molecule has 0 spiro atoms. The summed E-state index contributed by atoms with van der Waals surface area (Å²) in [7, 11) is 0. The van der Waals surface area contributed by atoms with E-state index in [9.17, 15) is 0 Å². The predicted octanol–water partition coefficient (Wildman–Crippen LogP) is 17.9. The lowest BCUT2D eigenvalue weighted by atomic mass is 9.90. The van der Waals surface area contributed by atoms with E-state index >= 15 is 0 Å². The molecule has 0 saturated heterocycles. The van der Waals surface area contributed by atoms with Gasteiger partial charge in [-0.2, -0.15) is 9.97 Å². The predicted molar refractivity (Wildman–Crippen MR) is 308 cm³/mol. The van der Waals surface area contributed by atoms with Crippen molar-refractivity contribution in [3.8, 4) is 67.8 Å². The van der Waals surface area contributed by atoms with Gasteiger partial charge in [-0.1, -0.05) is 218 Å². The Kier molecular flexibility index (Phi) is 9.50. The third-order valence-corrected chi connectivity index (χ3v) is 14.9. The molecule has 3 heterocycles. The summed E-state index contributed by atoms with van der Waals surface area (Å²) in [4.78, 5) is 16.2. The van der Waals surface area contributed by atoms with Crippen molar-refractivity contribution in [3.63, 3.8) is 0 Å². The molecule has 0 bridgehead atoms. The molecule has 0 amide bonds. The highest BCUT2D eigenvalue weighted by Gasteiger charge is 2.26. The lowest BCUT2D eigenvalue weighted by Crippen LogP contribution is -2.07. The molecule has 344 valence electrons. The number of para-hydroxylation sites is 3. The highest BCUT2D eigenvalue weighted by molar-refractivity contribution is 6.30. The summed E-state index contributed by atoms with van der Waals surface area (Å²) in [6, 6.07) is 93.6. The molecule has 12 aromatic carbocycles. The first kappa shape index (κ1) is 41.8. The lowest BCUT2D eigenvalue weighted by Gasteiger charge is -2.15. The molecule has 0 aliphatic heterocycles. The minimum Gasteiger partial charge on any atom is -0.307 e. The molecule has 0 saturated carbocycles. The van der Waals surface area contributed by atoms with E-state index in [0.717, 1.165) is 77.3 Å². The van der Waals surface area contributed by atoms with Gasteiger partial charge in [0.05, 0.1) is 22.1 Å². The third kappa shape index (κ3) is 6.60. The van der Waals surface area contributed by atoms with Gasteiger partial charge >= 0.3 is 0 Å². The van der Waals surface area contributed by atoms with Crippen LogP contribution in [0.4, 0.5) is 0 Å². The van der Waals surface area contributed by atoms with Gasteiger partial charge in [0.15, 0.2) is 11.6 Å². The van der Waals surface area contributed by atoms with E-state index in [4.69, 9.17) is 15.0 Å². The molecule has 0 atom stereocenters. The van der Waals surface area contributed by atoms with Crippen LogP contribution in [-0.2, 0) is 0 Å². The molecule has 0 aliphatic rings. The van der Waals surface area contributed by atoms with Gasteiger partial charge in [-0.3, -0.25) is 4.57 Å².